The average Bonchev–Trinajstić information content (AvgIpc) is 3.26. The van der Waals surface area contributed by atoms with E-state index < -0.39 is 0 Å². The average molecular weight is 332 g/mol. The van der Waals surface area contributed by atoms with E-state index in [4.69, 9.17) is 0 Å². The highest BCUT2D eigenvalue weighted by molar-refractivity contribution is 6.00. The predicted octanol–water partition coefficient (Wildman–Crippen LogP) is 3.40. The number of rotatable bonds is 3. The zero-order chi connectivity index (χ0) is 17.2. The lowest BCUT2D eigenvalue weighted by atomic mass is 10.2. The molecule has 0 atom stereocenters. The summed E-state index contributed by atoms with van der Waals surface area (Å²) in [4.78, 5) is 20.4. The molecule has 0 radical (unpaired) electrons. The van der Waals surface area contributed by atoms with Crippen molar-refractivity contribution in [3.63, 3.8) is 0 Å². The first-order chi connectivity index (χ1) is 12.2. The minimum absolute atomic E-state index is 0.313. The van der Waals surface area contributed by atoms with Crippen LogP contribution in [0.15, 0.2) is 67.5 Å². The topological polar surface area (TPSA) is 76.8 Å². The number of nitrogens with zero attached hydrogens (tertiary/aromatic N) is 4. The lowest BCUT2D eigenvalue weighted by Gasteiger charge is -2.08. The quantitative estimate of drug-likeness (QED) is 0.603. The lowest BCUT2D eigenvalue weighted by Crippen LogP contribution is -2.19. The van der Waals surface area contributed by atoms with E-state index in [9.17, 15) is 4.79 Å². The Balaban J connectivity index is 1.44. The van der Waals surface area contributed by atoms with Gasteiger partial charge in [0.1, 0.15) is 12.1 Å². The van der Waals surface area contributed by atoms with Gasteiger partial charge in [0.25, 0.3) is 0 Å². The van der Waals surface area contributed by atoms with Crippen LogP contribution in [-0.2, 0) is 7.05 Å². The van der Waals surface area contributed by atoms with E-state index in [1.165, 1.54) is 0 Å². The summed E-state index contributed by atoms with van der Waals surface area (Å²) in [5.74, 6) is 0.734. The molecule has 2 N–H and O–H groups in total. The summed E-state index contributed by atoms with van der Waals surface area (Å²) in [5, 5.41) is 6.68. The van der Waals surface area contributed by atoms with Crippen LogP contribution in [0.2, 0.25) is 0 Å². The Morgan fingerprint density at radius 2 is 1.88 bits per heavy atom. The van der Waals surface area contributed by atoms with Gasteiger partial charge in [0, 0.05) is 42.2 Å². The number of urea groups is 1. The van der Waals surface area contributed by atoms with Gasteiger partial charge in [0.05, 0.1) is 11.9 Å². The van der Waals surface area contributed by atoms with Crippen LogP contribution < -0.4 is 10.6 Å². The first-order valence-electron chi connectivity index (χ1n) is 7.76. The van der Waals surface area contributed by atoms with Crippen molar-refractivity contribution in [2.45, 2.75) is 0 Å². The Labute approximate surface area is 143 Å². The van der Waals surface area contributed by atoms with Gasteiger partial charge in [-0.3, -0.25) is 4.57 Å². The van der Waals surface area contributed by atoms with Gasteiger partial charge in [0.15, 0.2) is 0 Å². The highest BCUT2D eigenvalue weighted by Gasteiger charge is 2.05. The maximum atomic E-state index is 12.2. The van der Waals surface area contributed by atoms with Crippen LogP contribution in [0.4, 0.5) is 16.2 Å². The number of aryl methyl sites for hydroxylation is 1. The SMILES string of the molecule is Cn1ccc2cc(NC(=O)Nc3ccc(-n4ccnc4)nc3)ccc21. The van der Waals surface area contributed by atoms with Crippen LogP contribution in [0.25, 0.3) is 16.7 Å². The molecule has 0 unspecified atom stereocenters. The number of nitrogens with one attached hydrogen (secondary N) is 2. The number of fused-ring (bicyclic) bond motifs is 1. The van der Waals surface area contributed by atoms with Crippen molar-refractivity contribution in [3.8, 4) is 5.82 Å². The maximum absolute atomic E-state index is 12.2. The van der Waals surface area contributed by atoms with E-state index in [1.807, 2.05) is 54.3 Å². The zero-order valence-corrected chi connectivity index (χ0v) is 13.5. The van der Waals surface area contributed by atoms with Crippen LogP contribution >= 0.6 is 0 Å². The molecule has 0 bridgehead atoms. The molecular formula is C18H16N6O. The van der Waals surface area contributed by atoms with Gasteiger partial charge in [0.2, 0.25) is 0 Å². The summed E-state index contributed by atoms with van der Waals surface area (Å²) in [7, 11) is 1.99. The number of aromatic nitrogens is 4. The minimum atomic E-state index is -0.313. The van der Waals surface area contributed by atoms with Gasteiger partial charge in [-0.2, -0.15) is 0 Å². The number of carbonyl (C=O) groups is 1. The molecule has 7 heteroatoms. The molecule has 4 aromatic rings. The van der Waals surface area contributed by atoms with Crippen molar-refractivity contribution >= 4 is 28.3 Å². The molecule has 0 aliphatic carbocycles. The molecule has 3 aromatic heterocycles. The normalized spacial score (nSPS) is 10.8. The van der Waals surface area contributed by atoms with E-state index in [2.05, 4.69) is 20.6 Å². The molecule has 4 rings (SSSR count). The number of benzene rings is 1. The standard InChI is InChI=1S/C18H16N6O/c1-23-8-6-13-10-14(2-4-16(13)23)21-18(25)22-15-3-5-17(20-11-15)24-9-7-19-12-24/h2-12H,1H3,(H2,21,22,25). The fourth-order valence-electron chi connectivity index (χ4n) is 2.66. The van der Waals surface area contributed by atoms with Crippen molar-refractivity contribution < 1.29 is 4.79 Å². The van der Waals surface area contributed by atoms with Crippen LogP contribution in [0.1, 0.15) is 0 Å². The van der Waals surface area contributed by atoms with Gasteiger partial charge in [-0.15, -0.1) is 0 Å². The molecule has 0 saturated carbocycles. The number of imidazole rings is 1. The zero-order valence-electron chi connectivity index (χ0n) is 13.5. The smallest absolute Gasteiger partial charge is 0.323 e. The van der Waals surface area contributed by atoms with Gasteiger partial charge in [-0.1, -0.05) is 0 Å². The molecule has 1 aromatic carbocycles. The van der Waals surface area contributed by atoms with E-state index >= 15 is 0 Å². The van der Waals surface area contributed by atoms with Crippen molar-refractivity contribution in [2.24, 2.45) is 7.05 Å². The second-order valence-electron chi connectivity index (χ2n) is 5.65. The molecular weight excluding hydrogens is 316 g/mol. The number of carbonyl (C=O) groups excluding carboxylic acids is 1. The predicted molar refractivity (Wildman–Crippen MR) is 96.9 cm³/mol. The van der Waals surface area contributed by atoms with Gasteiger partial charge in [-0.05, 0) is 36.4 Å². The van der Waals surface area contributed by atoms with Gasteiger partial charge in [-0.25, -0.2) is 14.8 Å². The van der Waals surface area contributed by atoms with Crippen LogP contribution in [0.5, 0.6) is 0 Å². The van der Waals surface area contributed by atoms with Crippen LogP contribution in [0, 0.1) is 0 Å². The summed E-state index contributed by atoms with van der Waals surface area (Å²) < 4.78 is 3.83. The Morgan fingerprint density at radius 3 is 2.64 bits per heavy atom. The second kappa shape index (κ2) is 6.12. The first-order valence-corrected chi connectivity index (χ1v) is 7.76. The highest BCUT2D eigenvalue weighted by atomic mass is 16.2. The van der Waals surface area contributed by atoms with Gasteiger partial charge >= 0.3 is 6.03 Å². The third kappa shape index (κ3) is 3.07. The van der Waals surface area contributed by atoms with Crippen molar-refractivity contribution in [1.29, 1.82) is 0 Å². The summed E-state index contributed by atoms with van der Waals surface area (Å²) in [6, 6.07) is 11.1. The Hall–Kier alpha value is -3.61. The maximum Gasteiger partial charge on any atom is 0.323 e. The second-order valence-corrected chi connectivity index (χ2v) is 5.65. The monoisotopic (exact) mass is 332 g/mol. The summed E-state index contributed by atoms with van der Waals surface area (Å²) >= 11 is 0. The lowest BCUT2D eigenvalue weighted by molar-refractivity contribution is 0.262. The Bertz CT molecular complexity index is 1020. The summed E-state index contributed by atoms with van der Waals surface area (Å²) in [6.45, 7) is 0. The summed E-state index contributed by atoms with van der Waals surface area (Å²) in [5.41, 5.74) is 2.46. The van der Waals surface area contributed by atoms with Crippen LogP contribution in [0.3, 0.4) is 0 Å². The van der Waals surface area contributed by atoms with Crippen molar-refractivity contribution in [3.05, 3.63) is 67.5 Å². The number of amides is 2. The fraction of sp³-hybridized carbons (Fsp3) is 0.0556. The molecule has 124 valence electrons. The van der Waals surface area contributed by atoms with Crippen LogP contribution in [-0.4, -0.2) is 25.1 Å². The van der Waals surface area contributed by atoms with Crippen molar-refractivity contribution in [1.82, 2.24) is 19.1 Å². The third-order valence-electron chi connectivity index (χ3n) is 3.92. The molecule has 0 fully saturated rings. The Morgan fingerprint density at radius 1 is 1.04 bits per heavy atom. The van der Waals surface area contributed by atoms with E-state index in [1.54, 1.807) is 29.4 Å². The number of hydrogen-bond donors (Lipinski definition) is 2. The molecule has 0 aliphatic heterocycles. The highest BCUT2D eigenvalue weighted by Crippen LogP contribution is 2.20. The first kappa shape index (κ1) is 14.9. The van der Waals surface area contributed by atoms with E-state index in [0.717, 1.165) is 22.4 Å². The molecule has 0 saturated heterocycles. The summed E-state index contributed by atoms with van der Waals surface area (Å²) in [6.07, 6.45) is 8.76. The van der Waals surface area contributed by atoms with E-state index in [0.29, 0.717) is 5.69 Å². The fourth-order valence-corrected chi connectivity index (χ4v) is 2.66. The largest absolute Gasteiger partial charge is 0.351 e. The molecule has 0 aliphatic rings. The number of pyridine rings is 1. The van der Waals surface area contributed by atoms with E-state index in [-0.39, 0.29) is 6.03 Å². The number of hydrogen-bond acceptors (Lipinski definition) is 3. The van der Waals surface area contributed by atoms with Crippen molar-refractivity contribution in [2.75, 3.05) is 10.6 Å². The van der Waals surface area contributed by atoms with Gasteiger partial charge < -0.3 is 15.2 Å². The third-order valence-corrected chi connectivity index (χ3v) is 3.92. The molecule has 0 spiro atoms. The molecule has 3 heterocycles. The minimum Gasteiger partial charge on any atom is -0.351 e. The Kier molecular flexibility index (Phi) is 3.66. The molecule has 7 nitrogen and oxygen atoms in total. The number of anilines is 2. The molecule has 25 heavy (non-hydrogen) atoms. The molecule has 2 amide bonds.